The van der Waals surface area contributed by atoms with Crippen molar-refractivity contribution in [2.45, 2.75) is 0 Å². The Kier molecular flexibility index (Phi) is 15.0. The van der Waals surface area contributed by atoms with Gasteiger partial charge >= 0.3 is 85.7 Å². The van der Waals surface area contributed by atoms with Crippen LogP contribution in [-0.2, 0) is 0 Å². The van der Waals surface area contributed by atoms with E-state index < -0.39 is 7.25 Å². The Balaban J connectivity index is -0.0000000800. The first-order valence-electron chi connectivity index (χ1n) is 0.873. The van der Waals surface area contributed by atoms with Crippen LogP contribution < -0.4 is 0 Å². The van der Waals surface area contributed by atoms with E-state index in [1.54, 1.807) is 0 Å². The topological polar surface area (TPSA) is 0 Å². The molecular formula is H3BBaF4Na-. The molecule has 0 rings (SSSR count). The van der Waals surface area contributed by atoms with Gasteiger partial charge in [0.2, 0.25) is 0 Å². The van der Waals surface area contributed by atoms with E-state index >= 15 is 0 Å². The van der Waals surface area contributed by atoms with Gasteiger partial charge in [0, 0.05) is 0 Å². The normalized spacial score (nSPS) is 8.57. The SMILES string of the molecule is F[B-](F)(F)F.[BaH2].[NaH]. The first kappa shape index (κ1) is 16.2. The summed E-state index contributed by atoms with van der Waals surface area (Å²) in [5.41, 5.74) is 0. The molecule has 0 saturated heterocycles. The predicted octanol–water partition coefficient (Wildman–Crippen LogP) is -0.265. The fraction of sp³-hybridized carbons (Fsp3) is 0. The first-order valence-corrected chi connectivity index (χ1v) is 0.873. The average Bonchev–Trinajstić information content (AvgIpc) is 0.722. The van der Waals surface area contributed by atoms with Crippen LogP contribution in [0.15, 0.2) is 0 Å². The average molecular weight is 250 g/mol. The molecule has 38 valence electrons. The van der Waals surface area contributed by atoms with Gasteiger partial charge in [-0.25, -0.2) is 0 Å². The van der Waals surface area contributed by atoms with Crippen LogP contribution in [0.2, 0.25) is 0 Å². The summed E-state index contributed by atoms with van der Waals surface area (Å²) in [7, 11) is -6.00. The van der Waals surface area contributed by atoms with Crippen molar-refractivity contribution in [1.82, 2.24) is 0 Å². The Morgan fingerprint density at radius 3 is 0.857 bits per heavy atom. The molecule has 0 saturated carbocycles. The Bertz CT molecular complexity index is 27.2. The second kappa shape index (κ2) is 6.48. The maximum absolute atomic E-state index is 9.75. The van der Waals surface area contributed by atoms with Gasteiger partial charge in [-0.15, -0.1) is 0 Å². The van der Waals surface area contributed by atoms with Gasteiger partial charge in [0.15, 0.2) is 0 Å². The fourth-order valence-electron chi connectivity index (χ4n) is 0. The van der Waals surface area contributed by atoms with Gasteiger partial charge in [0.1, 0.15) is 0 Å². The van der Waals surface area contributed by atoms with Gasteiger partial charge in [-0.2, -0.15) is 0 Å². The zero-order valence-corrected chi connectivity index (χ0v) is 2.09. The minimum absolute atomic E-state index is 0. The molecule has 0 aromatic heterocycles. The predicted molar refractivity (Wildman–Crippen MR) is 25.9 cm³/mol. The van der Waals surface area contributed by atoms with E-state index in [4.69, 9.17) is 0 Å². The van der Waals surface area contributed by atoms with E-state index in [9.17, 15) is 17.3 Å². The van der Waals surface area contributed by atoms with Crippen molar-refractivity contribution in [1.29, 1.82) is 0 Å². The third kappa shape index (κ3) is 60.8. The summed E-state index contributed by atoms with van der Waals surface area (Å²) in [4.78, 5) is 0. The Morgan fingerprint density at radius 2 is 0.857 bits per heavy atom. The molecule has 0 amide bonds. The van der Waals surface area contributed by atoms with Gasteiger partial charge in [0.05, 0.1) is 0 Å². The van der Waals surface area contributed by atoms with Crippen LogP contribution in [0.3, 0.4) is 0 Å². The van der Waals surface area contributed by atoms with Gasteiger partial charge in [-0.1, -0.05) is 0 Å². The number of hydrogen-bond acceptors (Lipinski definition) is 0. The van der Waals surface area contributed by atoms with Crippen LogP contribution in [0.25, 0.3) is 0 Å². The molecule has 0 aromatic carbocycles. The zero-order chi connectivity index (χ0) is 4.50. The minimum atomic E-state index is -6.00. The molecule has 0 N–H and O–H groups in total. The molecule has 0 nitrogen and oxygen atoms in total. The molecule has 0 aliphatic carbocycles. The molecule has 0 fully saturated rings. The van der Waals surface area contributed by atoms with Crippen molar-refractivity contribution in [2.75, 3.05) is 0 Å². The third-order valence-electron chi connectivity index (χ3n) is 0. The Labute approximate surface area is 101 Å². The van der Waals surface area contributed by atoms with Crippen molar-refractivity contribution < 1.29 is 17.3 Å². The summed E-state index contributed by atoms with van der Waals surface area (Å²) in [6.45, 7) is 0. The maximum atomic E-state index is 9.75. The van der Waals surface area contributed by atoms with Crippen molar-refractivity contribution in [3.8, 4) is 0 Å². The van der Waals surface area contributed by atoms with Crippen molar-refractivity contribution in [3.05, 3.63) is 0 Å². The molecule has 0 spiro atoms. The molecular weight excluding hydrogens is 247 g/mol. The van der Waals surface area contributed by atoms with Crippen LogP contribution in [0.1, 0.15) is 0 Å². The number of halogens is 4. The van der Waals surface area contributed by atoms with Gasteiger partial charge in [-0.3, -0.25) is 0 Å². The Hall–Kier alpha value is 2.36. The standard InChI is InChI=1S/BF4.Ba.Na.3H/c2-1(3,4)5;;;;;/q-1;;;;;. The molecule has 0 radical (unpaired) electrons. The molecule has 0 aliphatic heterocycles. The third-order valence-corrected chi connectivity index (χ3v) is 0. The van der Waals surface area contributed by atoms with Gasteiger partial charge in [0.25, 0.3) is 0 Å². The molecule has 7 heteroatoms. The van der Waals surface area contributed by atoms with E-state index in [0.717, 1.165) is 0 Å². The van der Waals surface area contributed by atoms with Gasteiger partial charge < -0.3 is 17.3 Å². The molecule has 0 aromatic rings. The van der Waals surface area contributed by atoms with Crippen LogP contribution in [-0.4, -0.2) is 85.7 Å². The molecule has 0 heterocycles. The zero-order valence-electron chi connectivity index (χ0n) is 2.09. The van der Waals surface area contributed by atoms with Crippen molar-refractivity contribution >= 4 is 85.7 Å². The summed E-state index contributed by atoms with van der Waals surface area (Å²) in [5.74, 6) is 0. The summed E-state index contributed by atoms with van der Waals surface area (Å²) in [6.07, 6.45) is 0. The van der Waals surface area contributed by atoms with E-state index in [0.29, 0.717) is 0 Å². The summed E-state index contributed by atoms with van der Waals surface area (Å²) in [5, 5.41) is 0. The first-order chi connectivity index (χ1) is 2.00. The fourth-order valence-corrected chi connectivity index (χ4v) is 0. The van der Waals surface area contributed by atoms with E-state index in [1.807, 2.05) is 0 Å². The number of rotatable bonds is 0. The van der Waals surface area contributed by atoms with E-state index in [-0.39, 0.29) is 78.4 Å². The van der Waals surface area contributed by atoms with Crippen molar-refractivity contribution in [3.63, 3.8) is 0 Å². The molecule has 7 heavy (non-hydrogen) atoms. The number of hydrogen-bond donors (Lipinski definition) is 0. The van der Waals surface area contributed by atoms with Crippen LogP contribution in [0, 0.1) is 0 Å². The molecule has 0 bridgehead atoms. The quantitative estimate of drug-likeness (QED) is 0.410. The molecule has 0 atom stereocenters. The second-order valence-corrected chi connectivity index (χ2v) is 0.495. The van der Waals surface area contributed by atoms with Crippen LogP contribution in [0.5, 0.6) is 0 Å². The molecule has 0 aliphatic rings. The van der Waals surface area contributed by atoms with E-state index in [2.05, 4.69) is 0 Å². The van der Waals surface area contributed by atoms with Crippen molar-refractivity contribution in [2.24, 2.45) is 0 Å². The monoisotopic (exact) mass is 251 g/mol. The summed E-state index contributed by atoms with van der Waals surface area (Å²) < 4.78 is 39.0. The molecule has 0 unspecified atom stereocenters. The summed E-state index contributed by atoms with van der Waals surface area (Å²) >= 11 is 0. The summed E-state index contributed by atoms with van der Waals surface area (Å²) in [6, 6.07) is 0. The van der Waals surface area contributed by atoms with Crippen LogP contribution in [0.4, 0.5) is 17.3 Å². The van der Waals surface area contributed by atoms with E-state index in [1.165, 1.54) is 0 Å². The van der Waals surface area contributed by atoms with Crippen LogP contribution >= 0.6 is 0 Å². The van der Waals surface area contributed by atoms with Gasteiger partial charge in [-0.05, 0) is 0 Å². The second-order valence-electron chi connectivity index (χ2n) is 0.495. The Morgan fingerprint density at radius 1 is 0.857 bits per heavy atom.